The Morgan fingerprint density at radius 2 is 2.19 bits per heavy atom. The van der Waals surface area contributed by atoms with Gasteiger partial charge in [0, 0.05) is 18.3 Å². The molecule has 0 saturated heterocycles. The van der Waals surface area contributed by atoms with Gasteiger partial charge in [-0.2, -0.15) is 4.98 Å². The smallest absolute Gasteiger partial charge is 0.229 e. The Balaban J connectivity index is 1.75. The van der Waals surface area contributed by atoms with E-state index >= 15 is 0 Å². The highest BCUT2D eigenvalue weighted by Crippen LogP contribution is 2.28. The van der Waals surface area contributed by atoms with Gasteiger partial charge in [-0.05, 0) is 37.0 Å². The number of hydrogen-bond donors (Lipinski definition) is 3. The van der Waals surface area contributed by atoms with Crippen molar-refractivity contribution in [2.45, 2.75) is 25.3 Å². The second kappa shape index (κ2) is 6.28. The summed E-state index contributed by atoms with van der Waals surface area (Å²) in [7, 11) is 0. The van der Waals surface area contributed by atoms with E-state index in [9.17, 15) is 0 Å². The quantitative estimate of drug-likeness (QED) is 0.765. The molecule has 0 amide bonds. The van der Waals surface area contributed by atoms with Crippen molar-refractivity contribution in [3.63, 3.8) is 0 Å². The van der Waals surface area contributed by atoms with E-state index in [2.05, 4.69) is 20.6 Å². The Kier molecular flexibility index (Phi) is 4.22. The summed E-state index contributed by atoms with van der Waals surface area (Å²) in [5.41, 5.74) is 1.95. The summed E-state index contributed by atoms with van der Waals surface area (Å²) in [5, 5.41) is 16.0. The van der Waals surface area contributed by atoms with Crippen LogP contribution in [-0.2, 0) is 6.42 Å². The number of aromatic nitrogens is 2. The molecule has 0 bridgehead atoms. The normalized spacial score (nSPS) is 14.0. The SMILES string of the molecule is OCCc1cccc(Nc2ncc(Cl)c(NC3CC3)n2)c1. The van der Waals surface area contributed by atoms with Crippen molar-refractivity contribution in [2.75, 3.05) is 17.2 Å². The number of halogens is 1. The molecule has 6 heteroatoms. The van der Waals surface area contributed by atoms with Gasteiger partial charge in [-0.15, -0.1) is 0 Å². The van der Waals surface area contributed by atoms with Crippen LogP contribution in [0.1, 0.15) is 18.4 Å². The highest BCUT2D eigenvalue weighted by Gasteiger charge is 2.22. The van der Waals surface area contributed by atoms with Crippen LogP contribution in [0.25, 0.3) is 0 Å². The molecule has 1 fully saturated rings. The summed E-state index contributed by atoms with van der Waals surface area (Å²) >= 11 is 6.09. The predicted octanol–water partition coefficient (Wildman–Crippen LogP) is 2.98. The Labute approximate surface area is 128 Å². The summed E-state index contributed by atoms with van der Waals surface area (Å²) < 4.78 is 0. The Morgan fingerprint density at radius 3 is 2.95 bits per heavy atom. The number of anilines is 3. The molecule has 1 aliphatic carbocycles. The molecule has 0 radical (unpaired) electrons. The van der Waals surface area contributed by atoms with Crippen molar-refractivity contribution in [1.29, 1.82) is 0 Å². The fourth-order valence-corrected chi connectivity index (χ4v) is 2.16. The van der Waals surface area contributed by atoms with Crippen molar-refractivity contribution in [3.8, 4) is 0 Å². The molecule has 3 rings (SSSR count). The molecule has 0 unspecified atom stereocenters. The van der Waals surface area contributed by atoms with Crippen LogP contribution in [0, 0.1) is 0 Å². The first-order chi connectivity index (χ1) is 10.2. The number of nitrogens with zero attached hydrogens (tertiary/aromatic N) is 2. The maximum atomic E-state index is 8.99. The van der Waals surface area contributed by atoms with Crippen LogP contribution >= 0.6 is 11.6 Å². The molecule has 3 N–H and O–H groups in total. The maximum absolute atomic E-state index is 8.99. The van der Waals surface area contributed by atoms with Crippen molar-refractivity contribution in [2.24, 2.45) is 0 Å². The number of rotatable bonds is 6. The van der Waals surface area contributed by atoms with E-state index in [1.807, 2.05) is 24.3 Å². The summed E-state index contributed by atoms with van der Waals surface area (Å²) in [6.07, 6.45) is 4.54. The number of benzene rings is 1. The van der Waals surface area contributed by atoms with Gasteiger partial charge >= 0.3 is 0 Å². The average Bonchev–Trinajstić information content (AvgIpc) is 3.27. The first-order valence-corrected chi connectivity index (χ1v) is 7.38. The van der Waals surface area contributed by atoms with E-state index in [-0.39, 0.29) is 6.61 Å². The average molecular weight is 305 g/mol. The molecule has 1 heterocycles. The fourth-order valence-electron chi connectivity index (χ4n) is 2.01. The highest BCUT2D eigenvalue weighted by atomic mass is 35.5. The van der Waals surface area contributed by atoms with E-state index in [0.29, 0.717) is 29.3 Å². The zero-order valence-corrected chi connectivity index (χ0v) is 12.3. The lowest BCUT2D eigenvalue weighted by Crippen LogP contribution is -2.06. The highest BCUT2D eigenvalue weighted by molar-refractivity contribution is 6.32. The number of aliphatic hydroxyl groups is 1. The topological polar surface area (TPSA) is 70.1 Å². The third-order valence-electron chi connectivity index (χ3n) is 3.25. The van der Waals surface area contributed by atoms with Gasteiger partial charge in [0.15, 0.2) is 5.82 Å². The first-order valence-electron chi connectivity index (χ1n) is 7.00. The second-order valence-electron chi connectivity index (χ2n) is 5.11. The molecule has 1 aromatic heterocycles. The third kappa shape index (κ3) is 3.83. The maximum Gasteiger partial charge on any atom is 0.229 e. The minimum absolute atomic E-state index is 0.135. The van der Waals surface area contributed by atoms with Gasteiger partial charge in [0.2, 0.25) is 5.95 Å². The van der Waals surface area contributed by atoms with Crippen LogP contribution in [0.5, 0.6) is 0 Å². The molecule has 1 aromatic carbocycles. The molecule has 1 saturated carbocycles. The molecule has 21 heavy (non-hydrogen) atoms. The zero-order valence-electron chi connectivity index (χ0n) is 11.5. The van der Waals surface area contributed by atoms with E-state index in [0.717, 1.165) is 24.1 Å². The third-order valence-corrected chi connectivity index (χ3v) is 3.52. The molecular weight excluding hydrogens is 288 g/mol. The van der Waals surface area contributed by atoms with Crippen molar-refractivity contribution >= 4 is 29.1 Å². The lowest BCUT2D eigenvalue weighted by Gasteiger charge is -2.10. The predicted molar refractivity (Wildman–Crippen MR) is 84.2 cm³/mol. The van der Waals surface area contributed by atoms with E-state index in [1.54, 1.807) is 6.20 Å². The van der Waals surface area contributed by atoms with Crippen molar-refractivity contribution in [1.82, 2.24) is 9.97 Å². The standard InChI is InChI=1S/C15H17ClN4O/c16-13-9-17-15(20-14(13)18-11-4-5-11)19-12-3-1-2-10(8-12)6-7-21/h1-3,8-9,11,21H,4-7H2,(H2,17,18,19,20). The molecule has 0 aliphatic heterocycles. The van der Waals surface area contributed by atoms with Gasteiger partial charge < -0.3 is 15.7 Å². The molecular formula is C15H17ClN4O. The summed E-state index contributed by atoms with van der Waals surface area (Å²) in [6.45, 7) is 0.135. The molecule has 0 atom stereocenters. The molecule has 5 nitrogen and oxygen atoms in total. The fraction of sp³-hybridized carbons (Fsp3) is 0.333. The minimum atomic E-state index is 0.135. The molecule has 2 aromatic rings. The number of aliphatic hydroxyl groups excluding tert-OH is 1. The van der Waals surface area contributed by atoms with Gasteiger partial charge in [-0.25, -0.2) is 4.98 Å². The van der Waals surface area contributed by atoms with Gasteiger partial charge in [0.1, 0.15) is 5.02 Å². The van der Waals surface area contributed by atoms with E-state index in [4.69, 9.17) is 16.7 Å². The van der Waals surface area contributed by atoms with E-state index in [1.165, 1.54) is 0 Å². The summed E-state index contributed by atoms with van der Waals surface area (Å²) in [5.74, 6) is 1.17. The van der Waals surface area contributed by atoms with Crippen LogP contribution in [0.3, 0.4) is 0 Å². The Hall–Kier alpha value is -1.85. The molecule has 1 aliphatic rings. The van der Waals surface area contributed by atoms with Crippen LogP contribution < -0.4 is 10.6 Å². The van der Waals surface area contributed by atoms with Gasteiger partial charge in [0.25, 0.3) is 0 Å². The van der Waals surface area contributed by atoms with Crippen LogP contribution in [-0.4, -0.2) is 27.7 Å². The van der Waals surface area contributed by atoms with Crippen LogP contribution in [0.4, 0.5) is 17.5 Å². The van der Waals surface area contributed by atoms with Crippen molar-refractivity contribution in [3.05, 3.63) is 41.0 Å². The largest absolute Gasteiger partial charge is 0.396 e. The lowest BCUT2D eigenvalue weighted by molar-refractivity contribution is 0.299. The summed E-state index contributed by atoms with van der Waals surface area (Å²) in [6, 6.07) is 8.31. The van der Waals surface area contributed by atoms with Crippen LogP contribution in [0.2, 0.25) is 5.02 Å². The van der Waals surface area contributed by atoms with Gasteiger partial charge in [0.05, 0.1) is 6.20 Å². The second-order valence-corrected chi connectivity index (χ2v) is 5.51. The number of nitrogens with one attached hydrogen (secondary N) is 2. The Bertz CT molecular complexity index is 631. The summed E-state index contributed by atoms with van der Waals surface area (Å²) in [4.78, 5) is 8.60. The zero-order chi connectivity index (χ0) is 14.7. The van der Waals surface area contributed by atoms with E-state index < -0.39 is 0 Å². The Morgan fingerprint density at radius 1 is 1.33 bits per heavy atom. The van der Waals surface area contributed by atoms with Crippen molar-refractivity contribution < 1.29 is 5.11 Å². The monoisotopic (exact) mass is 304 g/mol. The molecule has 0 spiro atoms. The lowest BCUT2D eigenvalue weighted by atomic mass is 10.1. The van der Waals surface area contributed by atoms with Crippen LogP contribution in [0.15, 0.2) is 30.5 Å². The van der Waals surface area contributed by atoms with Gasteiger partial charge in [-0.1, -0.05) is 23.7 Å². The number of hydrogen-bond acceptors (Lipinski definition) is 5. The molecule has 110 valence electrons. The first kappa shape index (κ1) is 14.1. The van der Waals surface area contributed by atoms with Gasteiger partial charge in [-0.3, -0.25) is 0 Å². The minimum Gasteiger partial charge on any atom is -0.396 e.